The number of aryl methyl sites for hydroxylation is 1. The number of benzene rings is 2. The Balaban J connectivity index is 1.47. The number of nitrogens with one attached hydrogen (secondary N) is 1. The second kappa shape index (κ2) is 7.37. The highest BCUT2D eigenvalue weighted by atomic mass is 35.5. The molecule has 0 unspecified atom stereocenters. The fraction of sp³-hybridized carbons (Fsp3) is 0.190. The van der Waals surface area contributed by atoms with Gasteiger partial charge in [0.2, 0.25) is 5.95 Å². The van der Waals surface area contributed by atoms with E-state index in [2.05, 4.69) is 27.4 Å². The SMILES string of the molecule is Cc1cc(Cl)ccc1Nc1ncc(C(=O)N2CCc3ccccc3C2)cn1. The summed E-state index contributed by atoms with van der Waals surface area (Å²) in [5.41, 5.74) is 4.89. The van der Waals surface area contributed by atoms with Gasteiger partial charge < -0.3 is 10.2 Å². The number of amides is 1. The third-order valence-electron chi connectivity index (χ3n) is 4.75. The maximum Gasteiger partial charge on any atom is 0.257 e. The number of hydrogen-bond acceptors (Lipinski definition) is 4. The molecule has 2 heterocycles. The van der Waals surface area contributed by atoms with Crippen molar-refractivity contribution in [2.45, 2.75) is 19.9 Å². The number of nitrogens with zero attached hydrogens (tertiary/aromatic N) is 3. The van der Waals surface area contributed by atoms with Gasteiger partial charge in [-0.25, -0.2) is 9.97 Å². The molecule has 0 fully saturated rings. The van der Waals surface area contributed by atoms with E-state index in [0.717, 1.165) is 17.7 Å². The van der Waals surface area contributed by atoms with Crippen molar-refractivity contribution in [1.29, 1.82) is 0 Å². The monoisotopic (exact) mass is 378 g/mol. The van der Waals surface area contributed by atoms with Gasteiger partial charge in [0.25, 0.3) is 5.91 Å². The first-order chi connectivity index (χ1) is 13.1. The van der Waals surface area contributed by atoms with Crippen molar-refractivity contribution in [2.75, 3.05) is 11.9 Å². The Morgan fingerprint density at radius 3 is 2.59 bits per heavy atom. The smallest absolute Gasteiger partial charge is 0.257 e. The summed E-state index contributed by atoms with van der Waals surface area (Å²) in [6.07, 6.45) is 4.02. The Morgan fingerprint density at radius 2 is 1.85 bits per heavy atom. The van der Waals surface area contributed by atoms with E-state index in [1.807, 2.05) is 42.2 Å². The van der Waals surface area contributed by atoms with Gasteiger partial charge in [-0.2, -0.15) is 0 Å². The molecule has 5 nitrogen and oxygen atoms in total. The summed E-state index contributed by atoms with van der Waals surface area (Å²) < 4.78 is 0. The number of anilines is 2. The lowest BCUT2D eigenvalue weighted by molar-refractivity contribution is 0.0734. The summed E-state index contributed by atoms with van der Waals surface area (Å²) in [5, 5.41) is 3.84. The number of hydrogen-bond donors (Lipinski definition) is 1. The highest BCUT2D eigenvalue weighted by Crippen LogP contribution is 2.23. The summed E-state index contributed by atoms with van der Waals surface area (Å²) in [6, 6.07) is 13.8. The second-order valence-corrected chi connectivity index (χ2v) is 7.06. The van der Waals surface area contributed by atoms with Crippen LogP contribution < -0.4 is 5.32 Å². The first-order valence-corrected chi connectivity index (χ1v) is 9.19. The number of carbonyl (C=O) groups excluding carboxylic acids is 1. The van der Waals surface area contributed by atoms with Crippen molar-refractivity contribution in [1.82, 2.24) is 14.9 Å². The molecular weight excluding hydrogens is 360 g/mol. The molecule has 0 radical (unpaired) electrons. The maximum absolute atomic E-state index is 12.8. The molecule has 0 saturated heterocycles. The summed E-state index contributed by atoms with van der Waals surface area (Å²) in [5.74, 6) is 0.402. The molecule has 6 heteroatoms. The van der Waals surface area contributed by atoms with Crippen molar-refractivity contribution in [2.24, 2.45) is 0 Å². The molecule has 136 valence electrons. The van der Waals surface area contributed by atoms with Crippen molar-refractivity contribution >= 4 is 29.1 Å². The molecular formula is C21H19ClN4O. The van der Waals surface area contributed by atoms with E-state index >= 15 is 0 Å². The average Bonchev–Trinajstić information content (AvgIpc) is 2.70. The van der Waals surface area contributed by atoms with Crippen molar-refractivity contribution in [3.05, 3.63) is 82.1 Å². The van der Waals surface area contributed by atoms with E-state index in [4.69, 9.17) is 11.6 Å². The van der Waals surface area contributed by atoms with E-state index in [1.165, 1.54) is 11.1 Å². The third kappa shape index (κ3) is 3.78. The average molecular weight is 379 g/mol. The van der Waals surface area contributed by atoms with Gasteiger partial charge in [-0.1, -0.05) is 35.9 Å². The molecule has 3 aromatic rings. The molecule has 1 aromatic heterocycles. The molecule has 0 spiro atoms. The zero-order valence-corrected chi connectivity index (χ0v) is 15.7. The Kier molecular flexibility index (Phi) is 4.77. The molecule has 0 bridgehead atoms. The number of carbonyl (C=O) groups is 1. The zero-order valence-electron chi connectivity index (χ0n) is 14.9. The zero-order chi connectivity index (χ0) is 18.8. The minimum Gasteiger partial charge on any atom is -0.334 e. The van der Waals surface area contributed by atoms with Crippen LogP contribution in [0.5, 0.6) is 0 Å². The van der Waals surface area contributed by atoms with Crippen LogP contribution in [0.15, 0.2) is 54.9 Å². The van der Waals surface area contributed by atoms with Crippen LogP contribution in [0.4, 0.5) is 11.6 Å². The van der Waals surface area contributed by atoms with E-state index in [0.29, 0.717) is 29.6 Å². The topological polar surface area (TPSA) is 58.1 Å². The van der Waals surface area contributed by atoms with Gasteiger partial charge in [-0.3, -0.25) is 4.79 Å². The van der Waals surface area contributed by atoms with Crippen LogP contribution >= 0.6 is 11.6 Å². The largest absolute Gasteiger partial charge is 0.334 e. The van der Waals surface area contributed by atoms with Crippen LogP contribution in [-0.4, -0.2) is 27.3 Å². The fourth-order valence-corrected chi connectivity index (χ4v) is 3.47. The van der Waals surface area contributed by atoms with Gasteiger partial charge in [-0.15, -0.1) is 0 Å². The van der Waals surface area contributed by atoms with Gasteiger partial charge in [0.1, 0.15) is 0 Å². The lowest BCUT2D eigenvalue weighted by Crippen LogP contribution is -2.36. The van der Waals surface area contributed by atoms with Gasteiger partial charge in [-0.05, 0) is 48.2 Å². The standard InChI is InChI=1S/C21H19ClN4O/c1-14-10-18(22)6-7-19(14)25-21-23-11-17(12-24-21)20(27)26-9-8-15-4-2-3-5-16(15)13-26/h2-7,10-12H,8-9,13H2,1H3,(H,23,24,25). The minimum absolute atomic E-state index is 0.0428. The predicted molar refractivity (Wildman–Crippen MR) is 106 cm³/mol. The Bertz CT molecular complexity index is 988. The van der Waals surface area contributed by atoms with E-state index in [1.54, 1.807) is 12.4 Å². The third-order valence-corrected chi connectivity index (χ3v) is 4.99. The van der Waals surface area contributed by atoms with E-state index in [-0.39, 0.29) is 5.91 Å². The number of aromatic nitrogens is 2. The van der Waals surface area contributed by atoms with Crippen LogP contribution in [0.2, 0.25) is 5.02 Å². The summed E-state index contributed by atoms with van der Waals surface area (Å²) in [4.78, 5) is 23.2. The lowest BCUT2D eigenvalue weighted by Gasteiger charge is -2.28. The maximum atomic E-state index is 12.8. The molecule has 0 atom stereocenters. The van der Waals surface area contributed by atoms with Crippen LogP contribution in [0.25, 0.3) is 0 Å². The summed E-state index contributed by atoms with van der Waals surface area (Å²) in [6.45, 7) is 3.29. The quantitative estimate of drug-likeness (QED) is 0.734. The van der Waals surface area contributed by atoms with Crippen LogP contribution in [0.3, 0.4) is 0 Å². The minimum atomic E-state index is -0.0428. The lowest BCUT2D eigenvalue weighted by atomic mass is 9.99. The molecule has 1 amide bonds. The van der Waals surface area contributed by atoms with Crippen molar-refractivity contribution < 1.29 is 4.79 Å². The summed E-state index contributed by atoms with van der Waals surface area (Å²) in [7, 11) is 0. The Labute approximate surface area is 163 Å². The van der Waals surface area contributed by atoms with Crippen LogP contribution in [0, 0.1) is 6.92 Å². The molecule has 0 saturated carbocycles. The molecule has 1 aliphatic rings. The molecule has 4 rings (SSSR count). The molecule has 2 aromatic carbocycles. The molecule has 1 N–H and O–H groups in total. The molecule has 1 aliphatic heterocycles. The highest BCUT2D eigenvalue weighted by molar-refractivity contribution is 6.30. The number of halogens is 1. The normalized spacial score (nSPS) is 13.2. The first kappa shape index (κ1) is 17.5. The summed E-state index contributed by atoms with van der Waals surface area (Å²) >= 11 is 5.98. The fourth-order valence-electron chi connectivity index (χ4n) is 3.24. The van der Waals surface area contributed by atoms with E-state index < -0.39 is 0 Å². The Morgan fingerprint density at radius 1 is 1.11 bits per heavy atom. The van der Waals surface area contributed by atoms with Gasteiger partial charge in [0, 0.05) is 36.2 Å². The predicted octanol–water partition coefficient (Wildman–Crippen LogP) is 4.38. The number of fused-ring (bicyclic) bond motifs is 1. The Hall–Kier alpha value is -2.92. The van der Waals surface area contributed by atoms with Gasteiger partial charge in [0.05, 0.1) is 5.56 Å². The van der Waals surface area contributed by atoms with Crippen LogP contribution in [0.1, 0.15) is 27.0 Å². The highest BCUT2D eigenvalue weighted by Gasteiger charge is 2.22. The molecule has 0 aliphatic carbocycles. The van der Waals surface area contributed by atoms with Gasteiger partial charge >= 0.3 is 0 Å². The molecule has 27 heavy (non-hydrogen) atoms. The second-order valence-electron chi connectivity index (χ2n) is 6.63. The van der Waals surface area contributed by atoms with Gasteiger partial charge in [0.15, 0.2) is 0 Å². The van der Waals surface area contributed by atoms with Crippen molar-refractivity contribution in [3.8, 4) is 0 Å². The van der Waals surface area contributed by atoms with Crippen LogP contribution in [-0.2, 0) is 13.0 Å². The first-order valence-electron chi connectivity index (χ1n) is 8.81. The van der Waals surface area contributed by atoms with Crippen molar-refractivity contribution in [3.63, 3.8) is 0 Å². The number of rotatable bonds is 3. The van der Waals surface area contributed by atoms with E-state index in [9.17, 15) is 4.79 Å².